The molecule has 0 spiro atoms. The van der Waals surface area contributed by atoms with Crippen molar-refractivity contribution >= 4 is 28.3 Å². The van der Waals surface area contributed by atoms with Gasteiger partial charge in [-0.1, -0.05) is 43.9 Å². The Morgan fingerprint density at radius 1 is 1.02 bits per heavy atom. The van der Waals surface area contributed by atoms with Crippen LogP contribution in [0.3, 0.4) is 0 Å². The third-order valence-corrected chi connectivity index (χ3v) is 9.77. The summed E-state index contributed by atoms with van der Waals surface area (Å²) in [6.45, 7) is 8.64. The maximum atomic E-state index is 13.2. The summed E-state index contributed by atoms with van der Waals surface area (Å²) in [5.74, 6) is 0.804. The van der Waals surface area contributed by atoms with Crippen LogP contribution in [0.15, 0.2) is 41.8 Å². The third-order valence-electron chi connectivity index (χ3n) is 8.87. The molecule has 8 heteroatoms. The number of benzene rings is 2. The molecule has 43 heavy (non-hydrogen) atoms. The summed E-state index contributed by atoms with van der Waals surface area (Å²) >= 11 is 1.63. The second kappa shape index (κ2) is 14.4. The van der Waals surface area contributed by atoms with E-state index in [1.807, 2.05) is 50.1 Å². The number of carbonyl (C=O) groups is 2. The van der Waals surface area contributed by atoms with Crippen LogP contribution < -0.4 is 9.64 Å². The highest BCUT2D eigenvalue weighted by molar-refractivity contribution is 7.14. The largest absolute Gasteiger partial charge is 0.488 e. The Bertz CT molecular complexity index is 1410. The van der Waals surface area contributed by atoms with E-state index in [4.69, 9.17) is 14.5 Å². The zero-order valence-corrected chi connectivity index (χ0v) is 26.9. The molecule has 0 N–H and O–H groups in total. The van der Waals surface area contributed by atoms with E-state index in [1.165, 1.54) is 19.3 Å². The Morgan fingerprint density at radius 3 is 2.51 bits per heavy atom. The molecule has 1 amide bonds. The molecule has 1 aliphatic heterocycles. The molecule has 1 aromatic heterocycles. The molecule has 2 aliphatic rings. The summed E-state index contributed by atoms with van der Waals surface area (Å²) in [6, 6.07) is 12.5. The lowest BCUT2D eigenvalue weighted by molar-refractivity contribution is -0.149. The monoisotopic (exact) mass is 603 g/mol. The summed E-state index contributed by atoms with van der Waals surface area (Å²) in [5.41, 5.74) is 5.86. The predicted octanol–water partition coefficient (Wildman–Crippen LogP) is 7.58. The highest BCUT2D eigenvalue weighted by atomic mass is 32.1. The van der Waals surface area contributed by atoms with Crippen molar-refractivity contribution in [1.82, 2.24) is 9.88 Å². The molecule has 3 aromatic rings. The lowest BCUT2D eigenvalue weighted by atomic mass is 9.94. The van der Waals surface area contributed by atoms with E-state index in [0.29, 0.717) is 19.3 Å². The quantitative estimate of drug-likeness (QED) is 0.223. The van der Waals surface area contributed by atoms with Crippen LogP contribution in [0.25, 0.3) is 11.3 Å². The molecular formula is C35H45N3O4S. The number of esters is 1. The zero-order chi connectivity index (χ0) is 30.3. The number of rotatable bonds is 10. The highest BCUT2D eigenvalue weighted by Crippen LogP contribution is 2.36. The maximum Gasteiger partial charge on any atom is 0.309 e. The van der Waals surface area contributed by atoms with Gasteiger partial charge in [-0.3, -0.25) is 9.59 Å². The van der Waals surface area contributed by atoms with Crippen LogP contribution in [0.1, 0.15) is 85.3 Å². The van der Waals surface area contributed by atoms with Crippen molar-refractivity contribution in [3.05, 3.63) is 64.0 Å². The van der Waals surface area contributed by atoms with Gasteiger partial charge in [0.2, 0.25) is 0 Å². The number of carbonyl (C=O) groups excluding carboxylic acids is 2. The van der Waals surface area contributed by atoms with Gasteiger partial charge in [-0.2, -0.15) is 0 Å². The normalized spacial score (nSPS) is 16.2. The van der Waals surface area contributed by atoms with Crippen LogP contribution in [0, 0.1) is 19.8 Å². The molecule has 1 saturated heterocycles. The third kappa shape index (κ3) is 7.58. The fourth-order valence-corrected chi connectivity index (χ4v) is 6.99. The number of ether oxygens (including phenoxy) is 2. The van der Waals surface area contributed by atoms with E-state index in [0.717, 1.165) is 89.6 Å². The van der Waals surface area contributed by atoms with E-state index >= 15 is 0 Å². The standard InChI is InChI=1S/C35H45N3O4S/c1-5-19-41-34(40)26-15-17-38(18-16-26)35-36-31(23-43-35)30-20-24(2)11-14-32(30)42-22-28-13-12-27(21-25(28)3)33(39)37(4)29-9-7-6-8-10-29/h11-14,20-21,23,26,29H,5-10,15-19,22H2,1-4H3. The second-order valence-corrected chi connectivity index (χ2v) is 12.9. The van der Waals surface area contributed by atoms with Crippen LogP contribution in [0.5, 0.6) is 5.75 Å². The zero-order valence-electron chi connectivity index (χ0n) is 26.1. The molecule has 0 atom stereocenters. The van der Waals surface area contributed by atoms with E-state index in [1.54, 1.807) is 11.3 Å². The lowest BCUT2D eigenvalue weighted by Crippen LogP contribution is -2.38. The fraction of sp³-hybridized carbons (Fsp3) is 0.514. The molecule has 0 unspecified atom stereocenters. The van der Waals surface area contributed by atoms with Gasteiger partial charge in [-0.25, -0.2) is 4.98 Å². The summed E-state index contributed by atoms with van der Waals surface area (Å²) in [5, 5.41) is 3.06. The first-order valence-electron chi connectivity index (χ1n) is 15.8. The van der Waals surface area contributed by atoms with Crippen molar-refractivity contribution in [2.75, 3.05) is 31.6 Å². The van der Waals surface area contributed by atoms with Gasteiger partial charge >= 0.3 is 5.97 Å². The van der Waals surface area contributed by atoms with E-state index in [9.17, 15) is 9.59 Å². The first-order valence-corrected chi connectivity index (χ1v) is 16.7. The van der Waals surface area contributed by atoms with Crippen LogP contribution in [-0.2, 0) is 16.1 Å². The number of aryl methyl sites for hydroxylation is 2. The smallest absolute Gasteiger partial charge is 0.309 e. The predicted molar refractivity (Wildman–Crippen MR) is 173 cm³/mol. The number of piperidine rings is 1. The number of hydrogen-bond acceptors (Lipinski definition) is 7. The molecule has 0 radical (unpaired) electrons. The molecule has 2 fully saturated rings. The second-order valence-electron chi connectivity index (χ2n) is 12.1. The van der Waals surface area contributed by atoms with Gasteiger partial charge in [-0.05, 0) is 81.3 Å². The molecule has 1 aliphatic carbocycles. The molecule has 7 nitrogen and oxygen atoms in total. The minimum Gasteiger partial charge on any atom is -0.488 e. The summed E-state index contributed by atoms with van der Waals surface area (Å²) in [4.78, 5) is 34.7. The molecule has 5 rings (SSSR count). The Balaban J connectivity index is 1.23. The number of amides is 1. The van der Waals surface area contributed by atoms with Gasteiger partial charge in [-0.15, -0.1) is 11.3 Å². The van der Waals surface area contributed by atoms with E-state index < -0.39 is 0 Å². The minimum atomic E-state index is -0.0638. The average Bonchev–Trinajstić information content (AvgIpc) is 3.53. The van der Waals surface area contributed by atoms with Crippen molar-refractivity contribution in [3.63, 3.8) is 0 Å². The van der Waals surface area contributed by atoms with E-state index in [2.05, 4.69) is 29.3 Å². The molecule has 2 aromatic carbocycles. The number of thiazole rings is 1. The van der Waals surface area contributed by atoms with Gasteiger partial charge in [0.1, 0.15) is 12.4 Å². The van der Waals surface area contributed by atoms with Gasteiger partial charge in [0.05, 0.1) is 18.2 Å². The topological polar surface area (TPSA) is 72.0 Å². The van der Waals surface area contributed by atoms with E-state index in [-0.39, 0.29) is 17.8 Å². The Kier molecular flexibility index (Phi) is 10.4. The molecule has 1 saturated carbocycles. The first kappa shape index (κ1) is 31.0. The van der Waals surface area contributed by atoms with Gasteiger partial charge in [0, 0.05) is 42.7 Å². The lowest BCUT2D eigenvalue weighted by Gasteiger charge is -2.31. The molecule has 0 bridgehead atoms. The minimum absolute atomic E-state index is 0.0209. The van der Waals surface area contributed by atoms with Crippen molar-refractivity contribution in [3.8, 4) is 17.0 Å². The fourth-order valence-electron chi connectivity index (χ4n) is 6.11. The van der Waals surface area contributed by atoms with Crippen LogP contribution in [-0.4, -0.2) is 54.5 Å². The Morgan fingerprint density at radius 2 is 1.79 bits per heavy atom. The summed E-state index contributed by atoms with van der Waals surface area (Å²) < 4.78 is 11.8. The van der Waals surface area contributed by atoms with Crippen molar-refractivity contribution in [1.29, 1.82) is 0 Å². The number of anilines is 1. The van der Waals surface area contributed by atoms with Gasteiger partial charge in [0.25, 0.3) is 5.91 Å². The number of hydrogen-bond donors (Lipinski definition) is 0. The maximum absolute atomic E-state index is 13.2. The van der Waals surface area contributed by atoms with Crippen molar-refractivity contribution in [2.45, 2.75) is 84.8 Å². The Hall–Kier alpha value is -3.39. The SMILES string of the molecule is CCCOC(=O)C1CCN(c2nc(-c3cc(C)ccc3OCc3ccc(C(=O)N(C)C4CCCCC4)cc3C)cs2)CC1. The Labute approximate surface area is 260 Å². The summed E-state index contributed by atoms with van der Waals surface area (Å²) in [7, 11) is 1.94. The molecule has 230 valence electrons. The first-order chi connectivity index (χ1) is 20.8. The number of aromatic nitrogens is 1. The van der Waals surface area contributed by atoms with Crippen LogP contribution >= 0.6 is 11.3 Å². The van der Waals surface area contributed by atoms with Crippen molar-refractivity contribution < 1.29 is 19.1 Å². The average molecular weight is 604 g/mol. The van der Waals surface area contributed by atoms with Crippen molar-refractivity contribution in [2.24, 2.45) is 5.92 Å². The highest BCUT2D eigenvalue weighted by Gasteiger charge is 2.28. The summed E-state index contributed by atoms with van der Waals surface area (Å²) in [6.07, 6.45) is 8.31. The molecule has 2 heterocycles. The van der Waals surface area contributed by atoms with Crippen LogP contribution in [0.2, 0.25) is 0 Å². The van der Waals surface area contributed by atoms with Crippen LogP contribution in [0.4, 0.5) is 5.13 Å². The van der Waals surface area contributed by atoms with Gasteiger partial charge in [0.15, 0.2) is 5.13 Å². The molecular weight excluding hydrogens is 558 g/mol. The van der Waals surface area contributed by atoms with Gasteiger partial charge < -0.3 is 19.3 Å². The number of nitrogens with zero attached hydrogens (tertiary/aromatic N) is 3.